The Morgan fingerprint density at radius 3 is 2.89 bits per heavy atom. The van der Waals surface area contributed by atoms with Gasteiger partial charge in [-0.3, -0.25) is 4.79 Å². The van der Waals surface area contributed by atoms with Gasteiger partial charge in [0.1, 0.15) is 5.75 Å². The predicted molar refractivity (Wildman–Crippen MR) is 106 cm³/mol. The summed E-state index contributed by atoms with van der Waals surface area (Å²) in [6.45, 7) is 2.38. The normalized spacial score (nSPS) is 10.7. The Kier molecular flexibility index (Phi) is 4.80. The zero-order valence-corrected chi connectivity index (χ0v) is 15.5. The molecule has 4 aromatic rings. The quantitative estimate of drug-likeness (QED) is 0.548. The first-order valence-electron chi connectivity index (χ1n) is 8.50. The van der Waals surface area contributed by atoms with Crippen LogP contribution in [-0.4, -0.2) is 15.9 Å². The first-order valence-corrected chi connectivity index (χ1v) is 9.32. The number of amides is 1. The number of aromatic nitrogens is 2. The largest absolute Gasteiger partial charge is 0.439 e. The second kappa shape index (κ2) is 7.55. The number of nitrogens with one attached hydrogen (secondary N) is 1. The van der Waals surface area contributed by atoms with Crippen LogP contribution >= 0.6 is 11.3 Å². The standard InChI is InChI=1S/C21H17N3O2S/c1-14-24-18-9-8-16(12-19(18)27-14)21(25)23-13-15-5-4-6-17(11-15)26-20-7-2-3-10-22-20/h2-12H,13H2,1H3,(H,23,25). The van der Waals surface area contributed by atoms with Gasteiger partial charge < -0.3 is 10.1 Å². The van der Waals surface area contributed by atoms with Gasteiger partial charge >= 0.3 is 0 Å². The zero-order chi connectivity index (χ0) is 18.6. The summed E-state index contributed by atoms with van der Waals surface area (Å²) in [6, 6.07) is 18.7. The molecular weight excluding hydrogens is 358 g/mol. The van der Waals surface area contributed by atoms with Crippen LogP contribution in [0.3, 0.4) is 0 Å². The van der Waals surface area contributed by atoms with E-state index in [1.54, 1.807) is 29.7 Å². The monoisotopic (exact) mass is 375 g/mol. The molecule has 2 aromatic heterocycles. The lowest BCUT2D eigenvalue weighted by Gasteiger charge is -2.08. The molecule has 1 amide bonds. The van der Waals surface area contributed by atoms with Crippen molar-refractivity contribution in [2.75, 3.05) is 0 Å². The van der Waals surface area contributed by atoms with Gasteiger partial charge in [0.25, 0.3) is 5.91 Å². The average Bonchev–Trinajstić information content (AvgIpc) is 3.06. The van der Waals surface area contributed by atoms with Crippen molar-refractivity contribution >= 4 is 27.5 Å². The minimum atomic E-state index is -0.112. The van der Waals surface area contributed by atoms with E-state index in [9.17, 15) is 4.79 Å². The molecule has 0 bridgehead atoms. The minimum Gasteiger partial charge on any atom is -0.439 e. The SMILES string of the molecule is Cc1nc2ccc(C(=O)NCc3cccc(Oc4ccccn4)c3)cc2s1. The molecule has 2 heterocycles. The number of benzene rings is 2. The molecule has 6 heteroatoms. The van der Waals surface area contributed by atoms with Crippen LogP contribution in [-0.2, 0) is 6.54 Å². The fourth-order valence-corrected chi connectivity index (χ4v) is 3.58. The van der Waals surface area contributed by atoms with Crippen molar-refractivity contribution in [3.05, 3.63) is 83.0 Å². The molecule has 2 aromatic carbocycles. The van der Waals surface area contributed by atoms with Crippen molar-refractivity contribution in [3.8, 4) is 11.6 Å². The van der Waals surface area contributed by atoms with Crippen LogP contribution in [0.5, 0.6) is 11.6 Å². The number of carbonyl (C=O) groups excluding carboxylic acids is 1. The number of thiazole rings is 1. The van der Waals surface area contributed by atoms with Gasteiger partial charge in [0.2, 0.25) is 5.88 Å². The van der Waals surface area contributed by atoms with Crippen molar-refractivity contribution in [1.82, 2.24) is 15.3 Å². The number of hydrogen-bond acceptors (Lipinski definition) is 5. The second-order valence-electron chi connectivity index (χ2n) is 6.02. The van der Waals surface area contributed by atoms with E-state index in [0.29, 0.717) is 23.7 Å². The van der Waals surface area contributed by atoms with E-state index in [4.69, 9.17) is 4.74 Å². The minimum absolute atomic E-state index is 0.112. The van der Waals surface area contributed by atoms with Crippen LogP contribution in [0.15, 0.2) is 66.9 Å². The number of fused-ring (bicyclic) bond motifs is 1. The molecule has 134 valence electrons. The number of carbonyl (C=O) groups is 1. The lowest BCUT2D eigenvalue weighted by atomic mass is 10.2. The summed E-state index contributed by atoms with van der Waals surface area (Å²) in [5.41, 5.74) is 2.51. The van der Waals surface area contributed by atoms with Gasteiger partial charge in [-0.15, -0.1) is 11.3 Å². The zero-order valence-electron chi connectivity index (χ0n) is 14.7. The fraction of sp³-hybridized carbons (Fsp3) is 0.0952. The number of rotatable bonds is 5. The molecule has 0 aliphatic rings. The summed E-state index contributed by atoms with van der Waals surface area (Å²) >= 11 is 1.59. The Hall–Kier alpha value is -3.25. The Morgan fingerprint density at radius 1 is 1.11 bits per heavy atom. The van der Waals surface area contributed by atoms with Crippen LogP contribution in [0.2, 0.25) is 0 Å². The van der Waals surface area contributed by atoms with E-state index in [-0.39, 0.29) is 5.91 Å². The highest BCUT2D eigenvalue weighted by molar-refractivity contribution is 7.18. The lowest BCUT2D eigenvalue weighted by molar-refractivity contribution is 0.0951. The molecule has 0 saturated carbocycles. The van der Waals surface area contributed by atoms with E-state index in [1.165, 1.54) is 0 Å². The summed E-state index contributed by atoms with van der Waals surface area (Å²) in [4.78, 5) is 21.0. The summed E-state index contributed by atoms with van der Waals surface area (Å²) in [7, 11) is 0. The van der Waals surface area contributed by atoms with E-state index >= 15 is 0 Å². The number of aryl methyl sites for hydroxylation is 1. The van der Waals surface area contributed by atoms with E-state index in [2.05, 4.69) is 15.3 Å². The van der Waals surface area contributed by atoms with E-state index in [0.717, 1.165) is 20.8 Å². The number of hydrogen-bond donors (Lipinski definition) is 1. The molecule has 1 N–H and O–H groups in total. The van der Waals surface area contributed by atoms with Crippen LogP contribution < -0.4 is 10.1 Å². The van der Waals surface area contributed by atoms with Gasteiger partial charge in [-0.05, 0) is 48.9 Å². The van der Waals surface area contributed by atoms with Gasteiger partial charge in [0.15, 0.2) is 0 Å². The molecular formula is C21H17N3O2S. The third-order valence-corrected chi connectivity index (χ3v) is 4.90. The molecule has 4 rings (SSSR count). The molecule has 27 heavy (non-hydrogen) atoms. The average molecular weight is 375 g/mol. The van der Waals surface area contributed by atoms with E-state index in [1.807, 2.05) is 55.5 Å². The number of pyridine rings is 1. The van der Waals surface area contributed by atoms with Gasteiger partial charge in [-0.1, -0.05) is 18.2 Å². The third-order valence-electron chi connectivity index (χ3n) is 3.97. The summed E-state index contributed by atoms with van der Waals surface area (Å²) < 4.78 is 6.75. The molecule has 0 radical (unpaired) electrons. The van der Waals surface area contributed by atoms with Crippen LogP contribution in [0.1, 0.15) is 20.9 Å². The smallest absolute Gasteiger partial charge is 0.251 e. The Labute approximate surface area is 160 Å². The third kappa shape index (κ3) is 4.12. The summed E-state index contributed by atoms with van der Waals surface area (Å²) in [6.07, 6.45) is 1.68. The molecule has 0 saturated heterocycles. The van der Waals surface area contributed by atoms with Crippen molar-refractivity contribution in [3.63, 3.8) is 0 Å². The van der Waals surface area contributed by atoms with E-state index < -0.39 is 0 Å². The highest BCUT2D eigenvalue weighted by Crippen LogP contribution is 2.23. The summed E-state index contributed by atoms with van der Waals surface area (Å²) in [5.74, 6) is 1.10. The first kappa shape index (κ1) is 17.2. The van der Waals surface area contributed by atoms with Crippen LogP contribution in [0, 0.1) is 6.92 Å². The van der Waals surface area contributed by atoms with Crippen LogP contribution in [0.4, 0.5) is 0 Å². The van der Waals surface area contributed by atoms with Gasteiger partial charge in [0.05, 0.1) is 15.2 Å². The van der Waals surface area contributed by atoms with Crippen molar-refractivity contribution < 1.29 is 9.53 Å². The Morgan fingerprint density at radius 2 is 2.04 bits per heavy atom. The maximum Gasteiger partial charge on any atom is 0.251 e. The van der Waals surface area contributed by atoms with Crippen molar-refractivity contribution in [2.45, 2.75) is 13.5 Å². The molecule has 0 spiro atoms. The molecule has 5 nitrogen and oxygen atoms in total. The van der Waals surface area contributed by atoms with Gasteiger partial charge in [-0.25, -0.2) is 9.97 Å². The lowest BCUT2D eigenvalue weighted by Crippen LogP contribution is -2.22. The van der Waals surface area contributed by atoms with Crippen LogP contribution in [0.25, 0.3) is 10.2 Å². The highest BCUT2D eigenvalue weighted by atomic mass is 32.1. The van der Waals surface area contributed by atoms with Crippen molar-refractivity contribution in [2.24, 2.45) is 0 Å². The molecule has 0 aliphatic carbocycles. The fourth-order valence-electron chi connectivity index (χ4n) is 2.71. The Bertz CT molecular complexity index is 1090. The molecule has 0 aliphatic heterocycles. The topological polar surface area (TPSA) is 64.1 Å². The highest BCUT2D eigenvalue weighted by Gasteiger charge is 2.09. The summed E-state index contributed by atoms with van der Waals surface area (Å²) in [5, 5.41) is 3.94. The van der Waals surface area contributed by atoms with Gasteiger partial charge in [0, 0.05) is 24.4 Å². The predicted octanol–water partition coefficient (Wildman–Crippen LogP) is 4.72. The second-order valence-corrected chi connectivity index (χ2v) is 7.25. The molecule has 0 unspecified atom stereocenters. The number of nitrogens with zero attached hydrogens (tertiary/aromatic N) is 2. The van der Waals surface area contributed by atoms with Crippen molar-refractivity contribution in [1.29, 1.82) is 0 Å². The maximum absolute atomic E-state index is 12.5. The number of ether oxygens (including phenoxy) is 1. The maximum atomic E-state index is 12.5. The Balaban J connectivity index is 1.43. The first-order chi connectivity index (χ1) is 13.2. The van der Waals surface area contributed by atoms with Gasteiger partial charge in [-0.2, -0.15) is 0 Å². The molecule has 0 atom stereocenters. The molecule has 0 fully saturated rings.